The Hall–Kier alpha value is -0.0700. The average Bonchev–Trinajstić information content (AvgIpc) is 2.19. The predicted molar refractivity (Wildman–Crippen MR) is 69.2 cm³/mol. The van der Waals surface area contributed by atoms with Crippen LogP contribution in [0.2, 0.25) is 0 Å². The number of pyridine rings is 1. The van der Waals surface area contributed by atoms with Gasteiger partial charge in [-0.3, -0.25) is 4.98 Å². The lowest BCUT2D eigenvalue weighted by molar-refractivity contribution is 0.595. The van der Waals surface area contributed by atoms with E-state index in [1.807, 2.05) is 13.0 Å². The van der Waals surface area contributed by atoms with Crippen molar-refractivity contribution in [3.8, 4) is 0 Å². The van der Waals surface area contributed by atoms with Gasteiger partial charge in [0.1, 0.15) is 5.75 Å². The van der Waals surface area contributed by atoms with Gasteiger partial charge >= 0.3 is 0 Å². The van der Waals surface area contributed by atoms with Crippen LogP contribution in [0.15, 0.2) is 23.7 Å². The number of halogens is 1. The molecular formula is C10H12INOS. The zero-order valence-electron chi connectivity index (χ0n) is 8.00. The van der Waals surface area contributed by atoms with Crippen LogP contribution in [0.5, 0.6) is 0 Å². The summed E-state index contributed by atoms with van der Waals surface area (Å²) < 4.78 is 12.7. The Labute approximate surface area is 101 Å². The maximum atomic E-state index is 11.8. The average molecular weight is 321 g/mol. The highest BCUT2D eigenvalue weighted by atomic mass is 127. The van der Waals surface area contributed by atoms with Crippen molar-refractivity contribution in [2.45, 2.75) is 11.8 Å². The van der Waals surface area contributed by atoms with Crippen molar-refractivity contribution in [2.24, 2.45) is 0 Å². The van der Waals surface area contributed by atoms with E-state index in [9.17, 15) is 4.55 Å². The smallest absolute Gasteiger partial charge is 0.174 e. The molecule has 0 spiro atoms. The second-order valence-electron chi connectivity index (χ2n) is 2.79. The minimum absolute atomic E-state index is 0.684. The van der Waals surface area contributed by atoms with Crippen LogP contribution in [0.3, 0.4) is 0 Å². The van der Waals surface area contributed by atoms with E-state index in [0.717, 1.165) is 20.6 Å². The highest BCUT2D eigenvalue weighted by Crippen LogP contribution is 2.17. The lowest BCUT2D eigenvalue weighted by Gasteiger charge is -2.11. The molecule has 0 bridgehead atoms. The number of rotatable bonds is 4. The summed E-state index contributed by atoms with van der Waals surface area (Å²) in [6.45, 7) is 5.55. The van der Waals surface area contributed by atoms with E-state index in [1.165, 1.54) is 0 Å². The molecule has 0 aliphatic rings. The Morgan fingerprint density at radius 2 is 2.43 bits per heavy atom. The molecular weight excluding hydrogens is 309 g/mol. The fraction of sp³-hybridized carbons (Fsp3) is 0.300. The van der Waals surface area contributed by atoms with Gasteiger partial charge in [-0.15, -0.1) is 0 Å². The van der Waals surface area contributed by atoms with E-state index < -0.39 is 11.2 Å². The van der Waals surface area contributed by atoms with Crippen LogP contribution in [0.4, 0.5) is 0 Å². The molecule has 0 radical (unpaired) electrons. The van der Waals surface area contributed by atoms with Crippen molar-refractivity contribution in [2.75, 3.05) is 10.2 Å². The third-order valence-corrected chi connectivity index (χ3v) is 4.56. The van der Waals surface area contributed by atoms with E-state index in [1.54, 1.807) is 12.3 Å². The number of aromatic nitrogens is 1. The number of nitrogens with zero attached hydrogens (tertiary/aromatic N) is 1. The molecule has 14 heavy (non-hydrogen) atoms. The van der Waals surface area contributed by atoms with Gasteiger partial charge in [0.25, 0.3) is 0 Å². The van der Waals surface area contributed by atoms with Gasteiger partial charge in [-0.1, -0.05) is 35.2 Å². The molecule has 1 rings (SSSR count). The van der Waals surface area contributed by atoms with E-state index in [-0.39, 0.29) is 0 Å². The van der Waals surface area contributed by atoms with Crippen molar-refractivity contribution in [3.63, 3.8) is 0 Å². The first-order valence-corrected chi connectivity index (χ1v) is 7.07. The van der Waals surface area contributed by atoms with Gasteiger partial charge in [-0.2, -0.15) is 0 Å². The van der Waals surface area contributed by atoms with Crippen molar-refractivity contribution in [1.29, 1.82) is 0 Å². The third-order valence-electron chi connectivity index (χ3n) is 1.81. The molecule has 4 heteroatoms. The minimum Gasteiger partial charge on any atom is -0.611 e. The van der Waals surface area contributed by atoms with Crippen LogP contribution in [0, 0.1) is 6.92 Å². The van der Waals surface area contributed by atoms with Crippen LogP contribution >= 0.6 is 22.6 Å². The molecule has 1 aromatic heterocycles. The van der Waals surface area contributed by atoms with Crippen molar-refractivity contribution in [3.05, 3.63) is 30.1 Å². The third kappa shape index (κ3) is 2.96. The van der Waals surface area contributed by atoms with Gasteiger partial charge in [0.05, 0.1) is 5.69 Å². The van der Waals surface area contributed by atoms with Crippen LogP contribution in [0.25, 0.3) is 6.08 Å². The van der Waals surface area contributed by atoms with Crippen LogP contribution in [-0.2, 0) is 11.2 Å². The first-order valence-electron chi connectivity index (χ1n) is 4.22. The van der Waals surface area contributed by atoms with Crippen molar-refractivity contribution < 1.29 is 4.55 Å². The van der Waals surface area contributed by atoms with Crippen molar-refractivity contribution >= 4 is 39.8 Å². The number of aryl methyl sites for hydroxylation is 1. The van der Waals surface area contributed by atoms with E-state index >= 15 is 0 Å². The Balaban J connectivity index is 2.99. The summed E-state index contributed by atoms with van der Waals surface area (Å²) in [6, 6.07) is 1.90. The predicted octanol–water partition coefficient (Wildman–Crippen LogP) is 2.58. The second kappa shape index (κ2) is 5.72. The summed E-state index contributed by atoms with van der Waals surface area (Å²) in [7, 11) is 0. The normalized spacial score (nSPS) is 12.5. The molecule has 0 aromatic carbocycles. The Morgan fingerprint density at radius 3 is 3.00 bits per heavy atom. The maximum absolute atomic E-state index is 11.8. The molecule has 1 atom stereocenters. The zero-order valence-corrected chi connectivity index (χ0v) is 11.0. The van der Waals surface area contributed by atoms with Gasteiger partial charge in [-0.25, -0.2) is 0 Å². The summed E-state index contributed by atoms with van der Waals surface area (Å²) in [5.41, 5.74) is 1.77. The summed E-state index contributed by atoms with van der Waals surface area (Å²) in [5, 5.41) is 0. The van der Waals surface area contributed by atoms with Gasteiger partial charge in [-0.05, 0) is 23.7 Å². The van der Waals surface area contributed by atoms with Crippen LogP contribution in [0.1, 0.15) is 11.3 Å². The topological polar surface area (TPSA) is 36.0 Å². The summed E-state index contributed by atoms with van der Waals surface area (Å²) in [6.07, 6.45) is 3.46. The first-order chi connectivity index (χ1) is 6.69. The molecule has 0 fully saturated rings. The molecule has 0 aliphatic carbocycles. The lowest BCUT2D eigenvalue weighted by Crippen LogP contribution is -2.10. The summed E-state index contributed by atoms with van der Waals surface area (Å²) in [4.78, 5) is 5.02. The monoisotopic (exact) mass is 321 g/mol. The standard InChI is InChI=1S/C10H12INOS/c1-3-9-6-10(8(2)12-7-9)14(13)5-4-11/h3,6-7H,1,4-5H2,2H3. The SMILES string of the molecule is C=Cc1cnc(C)c([S+]([O-])CCI)c1. The van der Waals surface area contributed by atoms with E-state index in [0.29, 0.717) is 5.75 Å². The number of hydrogen-bond donors (Lipinski definition) is 0. The molecule has 0 aliphatic heterocycles. The molecule has 0 saturated carbocycles. The van der Waals surface area contributed by atoms with Gasteiger partial charge < -0.3 is 4.55 Å². The summed E-state index contributed by atoms with van der Waals surface area (Å²) in [5.74, 6) is 0.684. The van der Waals surface area contributed by atoms with Gasteiger partial charge in [0.15, 0.2) is 4.90 Å². The van der Waals surface area contributed by atoms with Crippen LogP contribution < -0.4 is 0 Å². The van der Waals surface area contributed by atoms with Crippen molar-refractivity contribution in [1.82, 2.24) is 4.98 Å². The molecule has 1 unspecified atom stereocenters. The molecule has 0 N–H and O–H groups in total. The minimum atomic E-state index is -0.925. The van der Waals surface area contributed by atoms with E-state index in [2.05, 4.69) is 34.2 Å². The Bertz CT molecular complexity index is 330. The fourth-order valence-electron chi connectivity index (χ4n) is 1.05. The molecule has 2 nitrogen and oxygen atoms in total. The Morgan fingerprint density at radius 1 is 1.71 bits per heavy atom. The highest BCUT2D eigenvalue weighted by molar-refractivity contribution is 14.1. The maximum Gasteiger partial charge on any atom is 0.174 e. The highest BCUT2D eigenvalue weighted by Gasteiger charge is 2.14. The number of alkyl halides is 1. The lowest BCUT2D eigenvalue weighted by atomic mass is 10.2. The quantitative estimate of drug-likeness (QED) is 0.485. The fourth-order valence-corrected chi connectivity index (χ4v) is 3.26. The summed E-state index contributed by atoms with van der Waals surface area (Å²) >= 11 is 1.30. The first kappa shape index (κ1) is 12.0. The number of hydrogen-bond acceptors (Lipinski definition) is 2. The molecule has 76 valence electrons. The molecule has 0 saturated heterocycles. The second-order valence-corrected chi connectivity index (χ2v) is 5.41. The van der Waals surface area contributed by atoms with E-state index in [4.69, 9.17) is 0 Å². The van der Waals surface area contributed by atoms with Crippen LogP contribution in [-0.4, -0.2) is 19.7 Å². The van der Waals surface area contributed by atoms with Gasteiger partial charge in [0.2, 0.25) is 0 Å². The largest absolute Gasteiger partial charge is 0.611 e. The molecule has 1 aromatic rings. The van der Waals surface area contributed by atoms with Gasteiger partial charge in [0, 0.05) is 16.7 Å². The zero-order chi connectivity index (χ0) is 10.6. The molecule has 0 amide bonds. The Kier molecular flexibility index (Phi) is 4.91. The molecule has 1 heterocycles.